The number of thioether (sulfide) groups is 1. The van der Waals surface area contributed by atoms with E-state index >= 15 is 0 Å². The monoisotopic (exact) mass is 330 g/mol. The molecule has 0 saturated carbocycles. The van der Waals surface area contributed by atoms with E-state index in [4.69, 9.17) is 9.84 Å². The van der Waals surface area contributed by atoms with Crippen molar-refractivity contribution in [1.82, 2.24) is 0 Å². The summed E-state index contributed by atoms with van der Waals surface area (Å²) in [6.07, 6.45) is 1.57. The summed E-state index contributed by atoms with van der Waals surface area (Å²) in [7, 11) is 0. The summed E-state index contributed by atoms with van der Waals surface area (Å²) in [6, 6.07) is 4.09. The smallest absolute Gasteiger partial charge is 0.316 e. The van der Waals surface area contributed by atoms with E-state index in [1.54, 1.807) is 0 Å². The molecule has 0 radical (unpaired) electrons. The molecular formula is C13H15BrO3S. The normalized spacial score (nSPS) is 15.0. The SMILES string of the molecule is CCC(SCc1cc(Br)cc2c1OCC2)C(=O)O. The third-order valence-corrected chi connectivity index (χ3v) is 4.78. The van der Waals surface area contributed by atoms with Crippen molar-refractivity contribution in [2.75, 3.05) is 6.61 Å². The Morgan fingerprint density at radius 2 is 2.39 bits per heavy atom. The fraction of sp³-hybridized carbons (Fsp3) is 0.462. The number of carbonyl (C=O) groups is 1. The largest absolute Gasteiger partial charge is 0.493 e. The van der Waals surface area contributed by atoms with Crippen LogP contribution in [0, 0.1) is 0 Å². The van der Waals surface area contributed by atoms with Crippen molar-refractivity contribution < 1.29 is 14.6 Å². The lowest BCUT2D eigenvalue weighted by Crippen LogP contribution is -2.15. The number of hydrogen-bond acceptors (Lipinski definition) is 3. The molecule has 0 bridgehead atoms. The first-order chi connectivity index (χ1) is 8.61. The van der Waals surface area contributed by atoms with Crippen LogP contribution in [0.25, 0.3) is 0 Å². The van der Waals surface area contributed by atoms with Gasteiger partial charge in [0.25, 0.3) is 0 Å². The number of hydrogen-bond donors (Lipinski definition) is 1. The van der Waals surface area contributed by atoms with Crippen molar-refractivity contribution in [2.24, 2.45) is 0 Å². The number of rotatable bonds is 5. The molecule has 0 aromatic heterocycles. The van der Waals surface area contributed by atoms with Crippen LogP contribution in [0.1, 0.15) is 24.5 Å². The molecule has 2 rings (SSSR count). The predicted octanol–water partition coefficient (Wildman–Crippen LogP) is 3.48. The summed E-state index contributed by atoms with van der Waals surface area (Å²) in [5, 5.41) is 8.69. The van der Waals surface area contributed by atoms with Gasteiger partial charge in [-0.15, -0.1) is 11.8 Å². The van der Waals surface area contributed by atoms with Crippen LogP contribution in [0.4, 0.5) is 0 Å². The number of aliphatic carboxylic acids is 1. The first-order valence-electron chi connectivity index (χ1n) is 5.90. The van der Waals surface area contributed by atoms with Crippen LogP contribution < -0.4 is 4.74 Å². The van der Waals surface area contributed by atoms with Crippen molar-refractivity contribution in [3.8, 4) is 5.75 Å². The van der Waals surface area contributed by atoms with Crippen molar-refractivity contribution >= 4 is 33.7 Å². The minimum Gasteiger partial charge on any atom is -0.493 e. The minimum atomic E-state index is -0.741. The maximum Gasteiger partial charge on any atom is 0.316 e. The maximum absolute atomic E-state index is 11.0. The number of fused-ring (bicyclic) bond motifs is 1. The summed E-state index contributed by atoms with van der Waals surface area (Å²) in [4.78, 5) is 11.0. The van der Waals surface area contributed by atoms with E-state index in [0.29, 0.717) is 12.2 Å². The lowest BCUT2D eigenvalue weighted by molar-refractivity contribution is -0.136. The molecular weight excluding hydrogens is 316 g/mol. The number of halogens is 1. The van der Waals surface area contributed by atoms with Gasteiger partial charge in [0.15, 0.2) is 0 Å². The van der Waals surface area contributed by atoms with E-state index in [1.165, 1.54) is 17.3 Å². The van der Waals surface area contributed by atoms with Gasteiger partial charge in [0.2, 0.25) is 0 Å². The third kappa shape index (κ3) is 3.01. The molecule has 0 aliphatic carbocycles. The van der Waals surface area contributed by atoms with E-state index in [9.17, 15) is 4.79 Å². The van der Waals surface area contributed by atoms with E-state index in [1.807, 2.05) is 13.0 Å². The van der Waals surface area contributed by atoms with Gasteiger partial charge in [-0.3, -0.25) is 4.79 Å². The van der Waals surface area contributed by atoms with Gasteiger partial charge < -0.3 is 9.84 Å². The Hall–Kier alpha value is -0.680. The van der Waals surface area contributed by atoms with Crippen LogP contribution >= 0.6 is 27.7 Å². The summed E-state index contributed by atoms with van der Waals surface area (Å²) in [5.41, 5.74) is 2.30. The van der Waals surface area contributed by atoms with E-state index in [-0.39, 0.29) is 5.25 Å². The molecule has 1 atom stereocenters. The molecule has 1 heterocycles. The first kappa shape index (κ1) is 13.7. The van der Waals surface area contributed by atoms with Gasteiger partial charge in [0.05, 0.1) is 6.61 Å². The van der Waals surface area contributed by atoms with Crippen LogP contribution in [-0.4, -0.2) is 22.9 Å². The highest BCUT2D eigenvalue weighted by Gasteiger charge is 2.20. The number of ether oxygens (including phenoxy) is 1. The molecule has 0 fully saturated rings. The summed E-state index contributed by atoms with van der Waals surface area (Å²) in [5.74, 6) is 0.882. The van der Waals surface area contributed by atoms with Crippen LogP contribution in [-0.2, 0) is 17.0 Å². The predicted molar refractivity (Wildman–Crippen MR) is 76.4 cm³/mol. The molecule has 0 amide bonds. The Labute approximate surface area is 119 Å². The van der Waals surface area contributed by atoms with Gasteiger partial charge in [-0.05, 0) is 24.1 Å². The fourth-order valence-electron chi connectivity index (χ4n) is 2.01. The highest BCUT2D eigenvalue weighted by molar-refractivity contribution is 9.10. The molecule has 1 aromatic rings. The van der Waals surface area contributed by atoms with Gasteiger partial charge in [0.1, 0.15) is 11.0 Å². The number of carboxylic acid groups (broad SMARTS) is 1. The van der Waals surface area contributed by atoms with E-state index in [2.05, 4.69) is 22.0 Å². The van der Waals surface area contributed by atoms with Crippen molar-refractivity contribution in [1.29, 1.82) is 0 Å². The van der Waals surface area contributed by atoms with Crippen LogP contribution in [0.3, 0.4) is 0 Å². The molecule has 1 N–H and O–H groups in total. The van der Waals surface area contributed by atoms with Gasteiger partial charge in [-0.1, -0.05) is 22.9 Å². The summed E-state index contributed by atoms with van der Waals surface area (Å²) in [6.45, 7) is 2.62. The first-order valence-corrected chi connectivity index (χ1v) is 7.74. The molecule has 0 saturated heterocycles. The van der Waals surface area contributed by atoms with Crippen LogP contribution in [0.5, 0.6) is 5.75 Å². The molecule has 3 nitrogen and oxygen atoms in total. The molecule has 1 aliphatic rings. The zero-order valence-electron chi connectivity index (χ0n) is 10.1. The quantitative estimate of drug-likeness (QED) is 0.897. The Balaban J connectivity index is 2.12. The van der Waals surface area contributed by atoms with Crippen molar-refractivity contribution in [3.05, 3.63) is 27.7 Å². The van der Waals surface area contributed by atoms with Gasteiger partial charge in [-0.2, -0.15) is 0 Å². The number of carboxylic acids is 1. The Morgan fingerprint density at radius 3 is 3.06 bits per heavy atom. The lowest BCUT2D eigenvalue weighted by atomic mass is 10.1. The zero-order valence-corrected chi connectivity index (χ0v) is 12.5. The second-order valence-electron chi connectivity index (χ2n) is 4.20. The number of benzene rings is 1. The highest BCUT2D eigenvalue weighted by Crippen LogP contribution is 2.36. The lowest BCUT2D eigenvalue weighted by Gasteiger charge is -2.12. The average molecular weight is 331 g/mol. The Morgan fingerprint density at radius 1 is 1.61 bits per heavy atom. The second kappa shape index (κ2) is 5.97. The molecule has 1 unspecified atom stereocenters. The average Bonchev–Trinajstić information content (AvgIpc) is 2.77. The maximum atomic E-state index is 11.0. The summed E-state index contributed by atoms with van der Waals surface area (Å²) >= 11 is 4.94. The minimum absolute atomic E-state index is 0.346. The van der Waals surface area contributed by atoms with Gasteiger partial charge in [-0.25, -0.2) is 0 Å². The van der Waals surface area contributed by atoms with Crippen molar-refractivity contribution in [2.45, 2.75) is 30.8 Å². The van der Waals surface area contributed by atoms with Crippen LogP contribution in [0.2, 0.25) is 0 Å². The zero-order chi connectivity index (χ0) is 13.1. The summed E-state index contributed by atoms with van der Waals surface area (Å²) < 4.78 is 6.66. The second-order valence-corrected chi connectivity index (χ2v) is 6.30. The van der Waals surface area contributed by atoms with Crippen LogP contribution in [0.15, 0.2) is 16.6 Å². The fourth-order valence-corrected chi connectivity index (χ4v) is 3.53. The standard InChI is InChI=1S/C13H15BrO3S/c1-2-11(13(15)16)18-7-9-6-10(14)5-8-3-4-17-12(8)9/h5-6,11H,2-4,7H2,1H3,(H,15,16). The van der Waals surface area contributed by atoms with E-state index < -0.39 is 5.97 Å². The van der Waals surface area contributed by atoms with Crippen molar-refractivity contribution in [3.63, 3.8) is 0 Å². The van der Waals surface area contributed by atoms with Gasteiger partial charge >= 0.3 is 5.97 Å². The molecule has 1 aromatic carbocycles. The molecule has 1 aliphatic heterocycles. The Kier molecular flexibility index (Phi) is 4.56. The Bertz CT molecular complexity index is 462. The van der Waals surface area contributed by atoms with E-state index in [0.717, 1.165) is 28.8 Å². The molecule has 0 spiro atoms. The highest BCUT2D eigenvalue weighted by atomic mass is 79.9. The molecule has 18 heavy (non-hydrogen) atoms. The van der Waals surface area contributed by atoms with Gasteiger partial charge in [0, 0.05) is 22.2 Å². The topological polar surface area (TPSA) is 46.5 Å². The molecule has 98 valence electrons. The third-order valence-electron chi connectivity index (χ3n) is 2.91. The molecule has 5 heteroatoms.